The summed E-state index contributed by atoms with van der Waals surface area (Å²) >= 11 is 5.88. The third-order valence-electron chi connectivity index (χ3n) is 4.38. The number of aryl methyl sites for hydroxylation is 1. The third kappa shape index (κ3) is 4.08. The highest BCUT2D eigenvalue weighted by molar-refractivity contribution is 7.91. The number of nitrogens with zero attached hydrogens (tertiary/aromatic N) is 1. The van der Waals surface area contributed by atoms with E-state index in [0.29, 0.717) is 16.3 Å². The van der Waals surface area contributed by atoms with E-state index in [9.17, 15) is 12.8 Å². The van der Waals surface area contributed by atoms with Crippen LogP contribution in [0.4, 0.5) is 16.0 Å². The molecule has 0 radical (unpaired) electrons. The largest absolute Gasteiger partial charge is 0.419 e. The molecule has 0 bridgehead atoms. The number of hydrogen-bond acceptors (Lipinski definition) is 5. The van der Waals surface area contributed by atoms with Crippen molar-refractivity contribution in [1.82, 2.24) is 4.98 Å². The first-order chi connectivity index (χ1) is 14.3. The number of nitrogens with one attached hydrogen (secondary N) is 1. The number of hydrogen-bond donors (Lipinski definition) is 1. The molecule has 0 amide bonds. The lowest BCUT2D eigenvalue weighted by Crippen LogP contribution is -2.05. The lowest BCUT2D eigenvalue weighted by atomic mass is 10.2. The molecule has 152 valence electrons. The van der Waals surface area contributed by atoms with Crippen LogP contribution in [0.1, 0.15) is 5.56 Å². The predicted octanol–water partition coefficient (Wildman–Crippen LogP) is 6.02. The molecule has 4 aromatic rings. The summed E-state index contributed by atoms with van der Waals surface area (Å²) in [5.74, 6) is -0.400. The van der Waals surface area contributed by atoms with Gasteiger partial charge >= 0.3 is 0 Å². The Labute approximate surface area is 178 Å². The van der Waals surface area contributed by atoms with E-state index >= 15 is 0 Å². The minimum absolute atomic E-state index is 0.0258. The molecule has 1 aromatic heterocycles. The maximum absolute atomic E-state index is 13.3. The lowest BCUT2D eigenvalue weighted by Gasteiger charge is -2.06. The van der Waals surface area contributed by atoms with Gasteiger partial charge in [-0.05, 0) is 67.6 Å². The van der Waals surface area contributed by atoms with Gasteiger partial charge in [0.15, 0.2) is 0 Å². The molecule has 1 N–H and O–H groups in total. The van der Waals surface area contributed by atoms with Crippen LogP contribution in [0.2, 0.25) is 5.02 Å². The van der Waals surface area contributed by atoms with Gasteiger partial charge in [0.1, 0.15) is 5.82 Å². The van der Waals surface area contributed by atoms with Gasteiger partial charge in [-0.15, -0.1) is 0 Å². The Kier molecular flexibility index (Phi) is 5.32. The number of oxazole rings is 1. The van der Waals surface area contributed by atoms with E-state index < -0.39 is 15.7 Å². The fourth-order valence-corrected chi connectivity index (χ4v) is 4.16. The zero-order chi connectivity index (χ0) is 21.3. The Morgan fingerprint density at radius 2 is 1.57 bits per heavy atom. The first kappa shape index (κ1) is 20.1. The van der Waals surface area contributed by atoms with Gasteiger partial charge in [-0.1, -0.05) is 29.3 Å². The van der Waals surface area contributed by atoms with E-state index in [1.807, 2.05) is 19.1 Å². The fraction of sp³-hybridized carbons (Fsp3) is 0.0455. The number of anilines is 2. The van der Waals surface area contributed by atoms with Crippen molar-refractivity contribution in [3.05, 3.63) is 89.2 Å². The van der Waals surface area contributed by atoms with Crippen LogP contribution in [0.5, 0.6) is 0 Å². The molecule has 0 aliphatic heterocycles. The second-order valence-electron chi connectivity index (χ2n) is 6.61. The molecule has 0 unspecified atom stereocenters. The van der Waals surface area contributed by atoms with Gasteiger partial charge in [0.05, 0.1) is 4.90 Å². The zero-order valence-corrected chi connectivity index (χ0v) is 17.3. The van der Waals surface area contributed by atoms with Crippen molar-refractivity contribution in [3.63, 3.8) is 0 Å². The molecular weight excluding hydrogens is 427 g/mol. The molecule has 3 aromatic carbocycles. The van der Waals surface area contributed by atoms with Crippen molar-refractivity contribution in [2.45, 2.75) is 16.8 Å². The van der Waals surface area contributed by atoms with E-state index in [-0.39, 0.29) is 21.7 Å². The maximum atomic E-state index is 13.3. The molecule has 30 heavy (non-hydrogen) atoms. The fourth-order valence-electron chi connectivity index (χ4n) is 2.78. The smallest absolute Gasteiger partial charge is 0.238 e. The molecule has 0 fully saturated rings. The Balaban J connectivity index is 1.83. The average molecular weight is 443 g/mol. The highest BCUT2D eigenvalue weighted by Gasteiger charge is 2.28. The quantitative estimate of drug-likeness (QED) is 0.409. The monoisotopic (exact) mass is 442 g/mol. The van der Waals surface area contributed by atoms with Crippen LogP contribution in [-0.2, 0) is 9.84 Å². The molecule has 8 heteroatoms. The predicted molar refractivity (Wildman–Crippen MR) is 113 cm³/mol. The molecule has 1 heterocycles. The standard InChI is InChI=1S/C22H16ClFN2O3S/c1-14-2-10-18(11-3-14)25-21-22(30(27,28)19-12-6-16(23)7-13-19)26-20(29-21)15-4-8-17(24)9-5-15/h2-13,25H,1H3. The first-order valence-electron chi connectivity index (χ1n) is 8.94. The molecule has 0 spiro atoms. The van der Waals surface area contributed by atoms with Gasteiger partial charge < -0.3 is 9.73 Å². The summed E-state index contributed by atoms with van der Waals surface area (Å²) in [6, 6.07) is 18.6. The second kappa shape index (κ2) is 7.93. The zero-order valence-electron chi connectivity index (χ0n) is 15.8. The van der Waals surface area contributed by atoms with E-state index in [0.717, 1.165) is 5.56 Å². The number of benzene rings is 3. The number of aromatic nitrogens is 1. The van der Waals surface area contributed by atoms with Crippen molar-refractivity contribution in [1.29, 1.82) is 0 Å². The molecule has 5 nitrogen and oxygen atoms in total. The van der Waals surface area contributed by atoms with Crippen molar-refractivity contribution in [2.24, 2.45) is 0 Å². The van der Waals surface area contributed by atoms with Gasteiger partial charge in [0.25, 0.3) is 0 Å². The SMILES string of the molecule is Cc1ccc(Nc2oc(-c3ccc(F)cc3)nc2S(=O)(=O)c2ccc(Cl)cc2)cc1. The van der Waals surface area contributed by atoms with E-state index in [1.165, 1.54) is 48.5 Å². The topological polar surface area (TPSA) is 72.2 Å². The van der Waals surface area contributed by atoms with Crippen LogP contribution in [-0.4, -0.2) is 13.4 Å². The van der Waals surface area contributed by atoms with Gasteiger partial charge in [0, 0.05) is 16.3 Å². The Bertz CT molecular complexity index is 1280. The van der Waals surface area contributed by atoms with E-state index in [2.05, 4.69) is 10.3 Å². The highest BCUT2D eigenvalue weighted by atomic mass is 35.5. The van der Waals surface area contributed by atoms with Crippen molar-refractivity contribution < 1.29 is 17.2 Å². The average Bonchev–Trinajstić information content (AvgIpc) is 3.15. The highest BCUT2D eigenvalue weighted by Crippen LogP contribution is 2.34. The van der Waals surface area contributed by atoms with Crippen LogP contribution < -0.4 is 5.32 Å². The summed E-state index contributed by atoms with van der Waals surface area (Å²) in [4.78, 5) is 4.25. The molecule has 4 rings (SSSR count). The molecule has 0 aliphatic carbocycles. The molecule has 0 atom stereocenters. The summed E-state index contributed by atoms with van der Waals surface area (Å²) in [5, 5.41) is 3.12. The first-order valence-corrected chi connectivity index (χ1v) is 10.8. The van der Waals surface area contributed by atoms with Crippen molar-refractivity contribution >= 4 is 33.0 Å². The minimum atomic E-state index is -4.01. The normalized spacial score (nSPS) is 11.4. The van der Waals surface area contributed by atoms with E-state index in [4.69, 9.17) is 16.0 Å². The van der Waals surface area contributed by atoms with Crippen molar-refractivity contribution in [2.75, 3.05) is 5.32 Å². The van der Waals surface area contributed by atoms with E-state index in [1.54, 1.807) is 12.1 Å². The molecular formula is C22H16ClFN2O3S. The van der Waals surface area contributed by atoms with Gasteiger partial charge in [-0.25, -0.2) is 12.8 Å². The summed E-state index contributed by atoms with van der Waals surface area (Å²) in [6.07, 6.45) is 0. The van der Waals surface area contributed by atoms with Crippen LogP contribution >= 0.6 is 11.6 Å². The Hall–Kier alpha value is -3.16. The van der Waals surface area contributed by atoms with Crippen LogP contribution in [0.15, 0.2) is 87.1 Å². The minimum Gasteiger partial charge on any atom is -0.419 e. The Morgan fingerprint density at radius 1 is 0.933 bits per heavy atom. The number of halogens is 2. The molecule has 0 saturated carbocycles. The summed E-state index contributed by atoms with van der Waals surface area (Å²) in [7, 11) is -4.01. The Morgan fingerprint density at radius 3 is 2.20 bits per heavy atom. The van der Waals surface area contributed by atoms with Crippen molar-refractivity contribution in [3.8, 4) is 11.5 Å². The van der Waals surface area contributed by atoms with Crippen LogP contribution in [0.3, 0.4) is 0 Å². The second-order valence-corrected chi connectivity index (χ2v) is 8.91. The summed E-state index contributed by atoms with van der Waals surface area (Å²) in [6.45, 7) is 1.95. The molecule has 0 aliphatic rings. The third-order valence-corrected chi connectivity index (χ3v) is 6.31. The summed E-state index contributed by atoms with van der Waals surface area (Å²) in [5.41, 5.74) is 2.13. The number of rotatable bonds is 5. The lowest BCUT2D eigenvalue weighted by molar-refractivity contribution is 0.581. The van der Waals surface area contributed by atoms with Gasteiger partial charge in [-0.2, -0.15) is 4.98 Å². The van der Waals surface area contributed by atoms with Gasteiger partial charge in [-0.3, -0.25) is 0 Å². The maximum Gasteiger partial charge on any atom is 0.238 e. The van der Waals surface area contributed by atoms with Crippen LogP contribution in [0.25, 0.3) is 11.5 Å². The molecule has 0 saturated heterocycles. The number of sulfone groups is 1. The summed E-state index contributed by atoms with van der Waals surface area (Å²) < 4.78 is 45.5. The van der Waals surface area contributed by atoms with Crippen LogP contribution in [0, 0.1) is 12.7 Å². The van der Waals surface area contributed by atoms with Gasteiger partial charge in [0.2, 0.25) is 26.6 Å².